The highest BCUT2D eigenvalue weighted by molar-refractivity contribution is 6.09. The average Bonchev–Trinajstić information content (AvgIpc) is 2.94. The molecule has 11 heteroatoms. The van der Waals surface area contributed by atoms with E-state index in [4.69, 9.17) is 15.9 Å². The molecular weight excluding hydrogens is 528 g/mol. The lowest BCUT2D eigenvalue weighted by Gasteiger charge is -2.38. The lowest BCUT2D eigenvalue weighted by molar-refractivity contribution is -0.122. The first kappa shape index (κ1) is 28.8. The van der Waals surface area contributed by atoms with Crippen molar-refractivity contribution in [1.82, 2.24) is 25.4 Å². The number of hydrogen-bond donors (Lipinski definition) is 4. The minimum atomic E-state index is -0.669. The molecule has 2 atom stereocenters. The van der Waals surface area contributed by atoms with E-state index in [0.717, 1.165) is 50.8 Å². The van der Waals surface area contributed by atoms with Crippen LogP contribution in [0.1, 0.15) is 29.5 Å². The Morgan fingerprint density at radius 1 is 1.10 bits per heavy atom. The van der Waals surface area contributed by atoms with Gasteiger partial charge in [-0.2, -0.15) is 0 Å². The fourth-order valence-corrected chi connectivity index (χ4v) is 5.52. The summed E-state index contributed by atoms with van der Waals surface area (Å²) in [6, 6.07) is 4.90. The van der Waals surface area contributed by atoms with Gasteiger partial charge in [0.05, 0.1) is 11.5 Å². The molecule has 1 aromatic heterocycles. The molecule has 0 spiro atoms. The number of nitrogens with two attached hydrogens (primary N) is 1. The van der Waals surface area contributed by atoms with Crippen molar-refractivity contribution in [1.29, 1.82) is 5.41 Å². The number of nitrogen functional groups attached to an aromatic ring is 1. The molecule has 0 saturated carbocycles. The molecule has 5 N–H and O–H groups in total. The first-order valence-electron chi connectivity index (χ1n) is 14.0. The molecule has 0 radical (unpaired) electrons. The van der Waals surface area contributed by atoms with Crippen molar-refractivity contribution in [3.8, 4) is 0 Å². The van der Waals surface area contributed by atoms with E-state index in [2.05, 4.69) is 38.5 Å². The van der Waals surface area contributed by atoms with Crippen LogP contribution in [0.2, 0.25) is 0 Å². The minimum absolute atomic E-state index is 0.0813. The van der Waals surface area contributed by atoms with Crippen LogP contribution >= 0.6 is 0 Å². The molecule has 3 aliphatic rings. The van der Waals surface area contributed by atoms with Gasteiger partial charge in [-0.15, -0.1) is 0 Å². The topological polar surface area (TPSA) is 120 Å². The normalized spacial score (nSPS) is 21.9. The Balaban J connectivity index is 1.30. The van der Waals surface area contributed by atoms with Crippen LogP contribution in [0.25, 0.3) is 0 Å². The molecule has 2 fully saturated rings. The highest BCUT2D eigenvalue weighted by atomic mass is 19.1. The number of likely N-dealkylation sites (N-methyl/N-ethyl adjacent to an activating group) is 1. The Labute approximate surface area is 238 Å². The van der Waals surface area contributed by atoms with Gasteiger partial charge < -0.3 is 30.9 Å². The Bertz CT molecular complexity index is 1310. The van der Waals surface area contributed by atoms with E-state index in [9.17, 15) is 13.6 Å². The van der Waals surface area contributed by atoms with Crippen molar-refractivity contribution in [2.75, 3.05) is 52.2 Å². The molecule has 0 bridgehead atoms. The summed E-state index contributed by atoms with van der Waals surface area (Å²) < 4.78 is 32.8. The number of ether oxygens (including phenoxy) is 1. The predicted octanol–water partition coefficient (Wildman–Crippen LogP) is 2.43. The lowest BCUT2D eigenvalue weighted by Crippen LogP contribution is -2.51. The SMILES string of the molecule is CN1CCN(C2=CC(NC3CCOCC3)C(C(=O)NC(=N)c3cc(Cc4cc(F)cc(F)c4)cnc3N)C=C2)CC1. The summed E-state index contributed by atoms with van der Waals surface area (Å²) >= 11 is 0. The summed E-state index contributed by atoms with van der Waals surface area (Å²) in [6.07, 6.45) is 9.46. The number of benzene rings is 1. The van der Waals surface area contributed by atoms with Crippen molar-refractivity contribution >= 4 is 17.6 Å². The van der Waals surface area contributed by atoms with Gasteiger partial charge in [0.15, 0.2) is 0 Å². The van der Waals surface area contributed by atoms with Crippen molar-refractivity contribution in [2.24, 2.45) is 5.92 Å². The molecular formula is C30H37F2N7O2. The summed E-state index contributed by atoms with van der Waals surface area (Å²) in [5.41, 5.74) is 8.44. The molecule has 1 aromatic carbocycles. The third-order valence-corrected chi connectivity index (χ3v) is 7.86. The second-order valence-corrected chi connectivity index (χ2v) is 10.9. The monoisotopic (exact) mass is 565 g/mol. The van der Waals surface area contributed by atoms with Crippen LogP contribution in [-0.4, -0.2) is 85.1 Å². The van der Waals surface area contributed by atoms with Gasteiger partial charge >= 0.3 is 0 Å². The van der Waals surface area contributed by atoms with Crippen LogP contribution in [0.4, 0.5) is 14.6 Å². The zero-order valence-corrected chi connectivity index (χ0v) is 23.2. The summed E-state index contributed by atoms with van der Waals surface area (Å²) in [4.78, 5) is 22.4. The van der Waals surface area contributed by atoms with E-state index >= 15 is 0 Å². The van der Waals surface area contributed by atoms with Gasteiger partial charge in [-0.25, -0.2) is 13.8 Å². The number of amides is 1. The molecule has 1 aliphatic carbocycles. The number of nitrogens with zero attached hydrogens (tertiary/aromatic N) is 3. The first-order valence-corrected chi connectivity index (χ1v) is 14.0. The Kier molecular flexibility index (Phi) is 9.06. The maximum atomic E-state index is 13.7. The zero-order valence-electron chi connectivity index (χ0n) is 23.2. The molecule has 3 heterocycles. The Hall–Kier alpha value is -3.67. The summed E-state index contributed by atoms with van der Waals surface area (Å²) in [7, 11) is 2.12. The number of rotatable bonds is 7. The van der Waals surface area contributed by atoms with Crippen molar-refractivity contribution < 1.29 is 18.3 Å². The summed E-state index contributed by atoms with van der Waals surface area (Å²) in [6.45, 7) is 5.16. The third kappa shape index (κ3) is 7.35. The van der Waals surface area contributed by atoms with Gasteiger partial charge in [0, 0.05) is 69.4 Å². The van der Waals surface area contributed by atoms with Crippen LogP contribution in [-0.2, 0) is 16.0 Å². The van der Waals surface area contributed by atoms with E-state index in [1.165, 1.54) is 18.3 Å². The van der Waals surface area contributed by atoms with Gasteiger partial charge in [0.1, 0.15) is 23.3 Å². The number of aromatic nitrogens is 1. The van der Waals surface area contributed by atoms with Crippen LogP contribution in [0.3, 0.4) is 0 Å². The average molecular weight is 566 g/mol. The molecule has 41 heavy (non-hydrogen) atoms. The van der Waals surface area contributed by atoms with E-state index in [0.29, 0.717) is 24.3 Å². The number of anilines is 1. The molecule has 2 aromatic rings. The summed E-state index contributed by atoms with van der Waals surface area (Å²) in [5, 5.41) is 15.0. The third-order valence-electron chi connectivity index (χ3n) is 7.86. The standard InChI is InChI=1S/C30H37F2N7O2/c1-38-6-8-39(9-7-38)24-2-3-25(27(17-24)36-23-4-10-41-11-5-23)30(40)37-29(34)26-15-20(18-35-28(26)33)12-19-13-21(31)16-22(32)14-19/h2-3,13-18,23,25,27,36H,4-12H2,1H3,(H2,33,35)(H2,34,37,40). The van der Waals surface area contributed by atoms with Crippen LogP contribution in [0.5, 0.6) is 0 Å². The number of piperazine rings is 1. The number of amidine groups is 1. The van der Waals surface area contributed by atoms with Crippen molar-refractivity contribution in [3.63, 3.8) is 0 Å². The zero-order chi connectivity index (χ0) is 28.9. The molecule has 218 valence electrons. The lowest BCUT2D eigenvalue weighted by atomic mass is 9.90. The Morgan fingerprint density at radius 2 is 1.80 bits per heavy atom. The van der Waals surface area contributed by atoms with Crippen LogP contribution in [0.15, 0.2) is 54.4 Å². The quantitative estimate of drug-likeness (QED) is 0.301. The van der Waals surface area contributed by atoms with E-state index in [1.807, 2.05) is 12.2 Å². The molecule has 9 nitrogen and oxygen atoms in total. The largest absolute Gasteiger partial charge is 0.383 e. The second kappa shape index (κ2) is 12.9. The molecule has 1 amide bonds. The Morgan fingerprint density at radius 3 is 2.51 bits per heavy atom. The number of hydrogen-bond acceptors (Lipinski definition) is 8. The van der Waals surface area contributed by atoms with Gasteiger partial charge in [0.2, 0.25) is 5.91 Å². The minimum Gasteiger partial charge on any atom is -0.383 e. The van der Waals surface area contributed by atoms with Crippen LogP contribution < -0.4 is 16.4 Å². The van der Waals surface area contributed by atoms with Crippen molar-refractivity contribution in [2.45, 2.75) is 31.3 Å². The number of halogens is 2. The highest BCUT2D eigenvalue weighted by Gasteiger charge is 2.32. The fourth-order valence-electron chi connectivity index (χ4n) is 5.52. The van der Waals surface area contributed by atoms with E-state index < -0.39 is 17.6 Å². The predicted molar refractivity (Wildman–Crippen MR) is 153 cm³/mol. The maximum Gasteiger partial charge on any atom is 0.234 e. The first-order chi connectivity index (χ1) is 19.7. The van der Waals surface area contributed by atoms with Gasteiger partial charge in [0.25, 0.3) is 0 Å². The van der Waals surface area contributed by atoms with Gasteiger partial charge in [-0.1, -0.05) is 6.08 Å². The number of allylic oxidation sites excluding steroid dienone is 1. The molecule has 2 unspecified atom stereocenters. The highest BCUT2D eigenvalue weighted by Crippen LogP contribution is 2.24. The maximum absolute atomic E-state index is 13.7. The van der Waals surface area contributed by atoms with E-state index in [-0.39, 0.29) is 41.6 Å². The number of nitrogens with one attached hydrogen (secondary N) is 3. The number of carbonyl (C=O) groups excluding carboxylic acids is 1. The second-order valence-electron chi connectivity index (χ2n) is 10.9. The smallest absolute Gasteiger partial charge is 0.234 e. The van der Waals surface area contributed by atoms with Gasteiger partial charge in [-0.05, 0) is 67.8 Å². The molecule has 2 aliphatic heterocycles. The molecule has 5 rings (SSSR count). The number of carbonyl (C=O) groups is 1. The van der Waals surface area contributed by atoms with Gasteiger partial charge in [-0.3, -0.25) is 10.2 Å². The van der Waals surface area contributed by atoms with Crippen LogP contribution in [0, 0.1) is 23.0 Å². The fraction of sp³-hybridized carbons (Fsp3) is 0.433. The van der Waals surface area contributed by atoms with E-state index in [1.54, 1.807) is 6.07 Å². The van der Waals surface area contributed by atoms with Crippen molar-refractivity contribution in [3.05, 3.63) is 82.7 Å². The summed E-state index contributed by atoms with van der Waals surface area (Å²) in [5.74, 6) is -2.31. The number of pyridine rings is 1. The molecule has 2 saturated heterocycles.